The highest BCUT2D eigenvalue weighted by Gasteiger charge is 2.10. The zero-order valence-corrected chi connectivity index (χ0v) is 14.6. The number of nitrogens with one attached hydrogen (secondary N) is 1. The molecule has 0 bridgehead atoms. The minimum atomic E-state index is -0.0331. The Morgan fingerprint density at radius 1 is 1.12 bits per heavy atom. The van der Waals surface area contributed by atoms with E-state index in [0.717, 1.165) is 34.4 Å². The van der Waals surface area contributed by atoms with E-state index in [9.17, 15) is 4.79 Å². The lowest BCUT2D eigenvalue weighted by molar-refractivity contribution is -0.116. The molecule has 2 aromatic carbocycles. The van der Waals surface area contributed by atoms with Gasteiger partial charge in [-0.25, -0.2) is 4.98 Å². The van der Waals surface area contributed by atoms with Gasteiger partial charge in [-0.05, 0) is 42.1 Å². The zero-order chi connectivity index (χ0) is 17.9. The smallest absolute Gasteiger partial charge is 0.244 e. The monoisotopic (exact) mass is 344 g/mol. The summed E-state index contributed by atoms with van der Waals surface area (Å²) in [6.07, 6.45) is 5.46. The van der Waals surface area contributed by atoms with Gasteiger partial charge in [0.1, 0.15) is 6.54 Å². The molecule has 0 spiro atoms. The van der Waals surface area contributed by atoms with Gasteiger partial charge < -0.3 is 14.5 Å². The van der Waals surface area contributed by atoms with Gasteiger partial charge in [-0.15, -0.1) is 0 Å². The Labute approximate surface area is 151 Å². The lowest BCUT2D eigenvalue weighted by Crippen LogP contribution is -2.19. The molecule has 0 atom stereocenters. The SMILES string of the molecule is Cc1cc2ccccc2n1CC(=O)Nc1cccc(Cn2ccnc2)c1. The van der Waals surface area contributed by atoms with Crippen LogP contribution in [-0.2, 0) is 17.9 Å². The summed E-state index contributed by atoms with van der Waals surface area (Å²) in [6, 6.07) is 18.1. The number of imidazole rings is 1. The first kappa shape index (κ1) is 16.1. The van der Waals surface area contributed by atoms with Crippen molar-refractivity contribution >= 4 is 22.5 Å². The van der Waals surface area contributed by atoms with Gasteiger partial charge in [0.25, 0.3) is 0 Å². The van der Waals surface area contributed by atoms with Crippen LogP contribution in [0.25, 0.3) is 10.9 Å². The molecule has 0 radical (unpaired) electrons. The fourth-order valence-corrected chi connectivity index (χ4v) is 3.24. The maximum Gasteiger partial charge on any atom is 0.244 e. The Morgan fingerprint density at radius 3 is 2.85 bits per heavy atom. The van der Waals surface area contributed by atoms with Crippen LogP contribution >= 0.6 is 0 Å². The zero-order valence-electron chi connectivity index (χ0n) is 14.6. The number of anilines is 1. The number of rotatable bonds is 5. The topological polar surface area (TPSA) is 51.9 Å². The lowest BCUT2D eigenvalue weighted by Gasteiger charge is -2.11. The number of amides is 1. The Kier molecular flexibility index (Phi) is 4.27. The minimum absolute atomic E-state index is 0.0331. The molecule has 130 valence electrons. The molecule has 0 aliphatic heterocycles. The number of fused-ring (bicyclic) bond motifs is 1. The second-order valence-electron chi connectivity index (χ2n) is 6.41. The van der Waals surface area contributed by atoms with Crippen molar-refractivity contribution in [2.24, 2.45) is 0 Å². The van der Waals surface area contributed by atoms with E-state index >= 15 is 0 Å². The van der Waals surface area contributed by atoms with Crippen molar-refractivity contribution in [2.45, 2.75) is 20.0 Å². The molecule has 0 saturated heterocycles. The third-order valence-corrected chi connectivity index (χ3v) is 4.45. The average Bonchev–Trinajstić information content (AvgIpc) is 3.24. The fraction of sp³-hybridized carbons (Fsp3) is 0.143. The number of hydrogen-bond donors (Lipinski definition) is 1. The molecule has 2 aromatic heterocycles. The van der Waals surface area contributed by atoms with Gasteiger partial charge in [-0.3, -0.25) is 4.79 Å². The van der Waals surface area contributed by atoms with E-state index in [-0.39, 0.29) is 5.91 Å². The van der Waals surface area contributed by atoms with Crippen LogP contribution in [-0.4, -0.2) is 20.0 Å². The normalized spacial score (nSPS) is 11.0. The fourth-order valence-electron chi connectivity index (χ4n) is 3.24. The van der Waals surface area contributed by atoms with Crippen LogP contribution < -0.4 is 5.32 Å². The molecule has 0 fully saturated rings. The number of para-hydroxylation sites is 1. The molecule has 2 heterocycles. The second kappa shape index (κ2) is 6.88. The summed E-state index contributed by atoms with van der Waals surface area (Å²) in [5, 5.41) is 4.16. The van der Waals surface area contributed by atoms with Crippen LogP contribution in [0.1, 0.15) is 11.3 Å². The number of benzene rings is 2. The van der Waals surface area contributed by atoms with Gasteiger partial charge in [0.2, 0.25) is 5.91 Å². The summed E-state index contributed by atoms with van der Waals surface area (Å²) in [7, 11) is 0. The van der Waals surface area contributed by atoms with E-state index < -0.39 is 0 Å². The second-order valence-corrected chi connectivity index (χ2v) is 6.41. The standard InChI is InChI=1S/C21H20N4O/c1-16-11-18-6-2-3-8-20(18)25(16)14-21(26)23-19-7-4-5-17(12-19)13-24-10-9-22-15-24/h2-12,15H,13-14H2,1H3,(H,23,26). The van der Waals surface area contributed by atoms with Gasteiger partial charge in [-0.2, -0.15) is 0 Å². The third kappa shape index (κ3) is 3.37. The summed E-state index contributed by atoms with van der Waals surface area (Å²) in [6.45, 7) is 3.05. The van der Waals surface area contributed by atoms with E-state index in [1.165, 1.54) is 0 Å². The van der Waals surface area contributed by atoms with Crippen molar-refractivity contribution in [2.75, 3.05) is 5.32 Å². The first-order valence-electron chi connectivity index (χ1n) is 8.58. The summed E-state index contributed by atoms with van der Waals surface area (Å²) >= 11 is 0. The number of carbonyl (C=O) groups is 1. The molecule has 26 heavy (non-hydrogen) atoms. The van der Waals surface area contributed by atoms with Crippen molar-refractivity contribution in [1.82, 2.24) is 14.1 Å². The number of nitrogens with zero attached hydrogens (tertiary/aromatic N) is 3. The molecule has 5 nitrogen and oxygen atoms in total. The van der Waals surface area contributed by atoms with E-state index in [1.54, 1.807) is 12.5 Å². The predicted octanol–water partition coefficient (Wildman–Crippen LogP) is 3.83. The molecule has 0 aliphatic rings. The van der Waals surface area contributed by atoms with E-state index in [1.807, 2.05) is 64.7 Å². The lowest BCUT2D eigenvalue weighted by atomic mass is 10.2. The van der Waals surface area contributed by atoms with Gasteiger partial charge in [0.05, 0.1) is 6.33 Å². The number of carbonyl (C=O) groups excluding carboxylic acids is 1. The molecule has 0 unspecified atom stereocenters. The molecular formula is C21H20N4O. The average molecular weight is 344 g/mol. The minimum Gasteiger partial charge on any atom is -0.335 e. The van der Waals surface area contributed by atoms with Crippen LogP contribution in [0.4, 0.5) is 5.69 Å². The van der Waals surface area contributed by atoms with Crippen LogP contribution in [0.2, 0.25) is 0 Å². The summed E-state index contributed by atoms with van der Waals surface area (Å²) in [5.74, 6) is -0.0331. The molecule has 4 rings (SSSR count). The van der Waals surface area contributed by atoms with Gasteiger partial charge >= 0.3 is 0 Å². The Bertz CT molecular complexity index is 1050. The van der Waals surface area contributed by atoms with Gasteiger partial charge in [0, 0.05) is 35.8 Å². The molecule has 0 saturated carbocycles. The molecule has 1 N–H and O–H groups in total. The Morgan fingerprint density at radius 2 is 2.00 bits per heavy atom. The maximum atomic E-state index is 12.6. The summed E-state index contributed by atoms with van der Waals surface area (Å²) < 4.78 is 4.04. The van der Waals surface area contributed by atoms with Gasteiger partial charge in [0.15, 0.2) is 0 Å². The number of hydrogen-bond acceptors (Lipinski definition) is 2. The van der Waals surface area contributed by atoms with Crippen LogP contribution in [0.5, 0.6) is 0 Å². The van der Waals surface area contributed by atoms with Crippen molar-refractivity contribution < 1.29 is 4.79 Å². The highest BCUT2D eigenvalue weighted by Crippen LogP contribution is 2.19. The number of aromatic nitrogens is 3. The maximum absolute atomic E-state index is 12.6. The van der Waals surface area contributed by atoms with E-state index in [4.69, 9.17) is 0 Å². The van der Waals surface area contributed by atoms with Crippen LogP contribution in [0.3, 0.4) is 0 Å². The number of aryl methyl sites for hydroxylation is 1. The van der Waals surface area contributed by atoms with Crippen molar-refractivity contribution in [3.05, 3.63) is 84.6 Å². The van der Waals surface area contributed by atoms with E-state index in [0.29, 0.717) is 6.54 Å². The molecule has 5 heteroatoms. The van der Waals surface area contributed by atoms with Gasteiger partial charge in [-0.1, -0.05) is 30.3 Å². The summed E-state index contributed by atoms with van der Waals surface area (Å²) in [5.41, 5.74) is 4.08. The first-order valence-corrected chi connectivity index (χ1v) is 8.58. The molecule has 4 aromatic rings. The quantitative estimate of drug-likeness (QED) is 0.598. The summed E-state index contributed by atoms with van der Waals surface area (Å²) in [4.78, 5) is 16.6. The largest absolute Gasteiger partial charge is 0.335 e. The van der Waals surface area contributed by atoms with Crippen molar-refractivity contribution in [1.29, 1.82) is 0 Å². The van der Waals surface area contributed by atoms with Crippen LogP contribution in [0, 0.1) is 6.92 Å². The van der Waals surface area contributed by atoms with Crippen LogP contribution in [0.15, 0.2) is 73.3 Å². The van der Waals surface area contributed by atoms with Crippen molar-refractivity contribution in [3.63, 3.8) is 0 Å². The molecule has 0 aliphatic carbocycles. The highest BCUT2D eigenvalue weighted by molar-refractivity contribution is 5.92. The predicted molar refractivity (Wildman–Crippen MR) is 103 cm³/mol. The third-order valence-electron chi connectivity index (χ3n) is 4.45. The first-order chi connectivity index (χ1) is 12.7. The van der Waals surface area contributed by atoms with E-state index in [2.05, 4.69) is 22.4 Å². The highest BCUT2D eigenvalue weighted by atomic mass is 16.1. The molecular weight excluding hydrogens is 324 g/mol. The Hall–Kier alpha value is -3.34. The Balaban J connectivity index is 1.48. The van der Waals surface area contributed by atoms with Crippen molar-refractivity contribution in [3.8, 4) is 0 Å². The molecule has 1 amide bonds.